The van der Waals surface area contributed by atoms with Crippen molar-refractivity contribution in [1.29, 1.82) is 0 Å². The van der Waals surface area contributed by atoms with Crippen LogP contribution >= 0.6 is 33.9 Å². The normalized spacial score (nSPS) is 27.3. The summed E-state index contributed by atoms with van der Waals surface area (Å²) in [6, 6.07) is 6.06. The predicted molar refractivity (Wildman–Crippen MR) is 174 cm³/mol. The van der Waals surface area contributed by atoms with E-state index in [4.69, 9.17) is 29.9 Å². The van der Waals surface area contributed by atoms with Crippen LogP contribution in [0.5, 0.6) is 11.8 Å². The molecular formula is C32H30CeF3IN5O3S-. The molecule has 2 N–H and O–H groups in total. The maximum Gasteiger partial charge on any atom is 0.319 e. The summed E-state index contributed by atoms with van der Waals surface area (Å²) in [6.07, 6.45) is 3.73. The second-order valence-electron chi connectivity index (χ2n) is 12.9. The molecule has 2 aromatic carbocycles. The van der Waals surface area contributed by atoms with E-state index in [1.807, 2.05) is 0 Å². The molecule has 14 heteroatoms. The summed E-state index contributed by atoms with van der Waals surface area (Å²) < 4.78 is 66.5. The van der Waals surface area contributed by atoms with Gasteiger partial charge in [0, 0.05) is 72.2 Å². The van der Waals surface area contributed by atoms with E-state index in [0.717, 1.165) is 43.6 Å². The van der Waals surface area contributed by atoms with Crippen molar-refractivity contribution in [3.05, 3.63) is 33.4 Å². The summed E-state index contributed by atoms with van der Waals surface area (Å²) in [4.78, 5) is 14.1. The number of rotatable bonds is 5. The summed E-state index contributed by atoms with van der Waals surface area (Å²) in [5, 5.41) is 1.22. The number of thiophene rings is 1. The minimum atomic E-state index is -0.901. The molecule has 0 bridgehead atoms. The molecular weight excluding hydrogens is 858 g/mol. The number of nitrogens with zero attached hydrogens (tertiary/aromatic N) is 4. The number of nitrogens with two attached hydrogens (primary N) is 1. The number of hydrogen-bond donors (Lipinski definition) is 1. The Hall–Kier alpha value is -1.24. The van der Waals surface area contributed by atoms with Gasteiger partial charge in [-0.3, -0.25) is 4.90 Å². The Morgan fingerprint density at radius 1 is 1.22 bits per heavy atom. The molecule has 5 aliphatic rings. The molecule has 6 heterocycles. The first-order chi connectivity index (χ1) is 21.8. The molecule has 8 nitrogen and oxygen atoms in total. The Morgan fingerprint density at radius 2 is 2.07 bits per heavy atom. The van der Waals surface area contributed by atoms with E-state index in [2.05, 4.69) is 38.5 Å². The average molecular weight is 889 g/mol. The number of fused-ring (bicyclic) bond motifs is 3. The largest absolute Gasteiger partial charge is 0.486 e. The molecule has 1 aliphatic carbocycles. The summed E-state index contributed by atoms with van der Waals surface area (Å²) in [6.45, 7) is 2.47. The van der Waals surface area contributed by atoms with E-state index in [1.165, 1.54) is 6.07 Å². The fourth-order valence-electron chi connectivity index (χ4n) is 7.93. The molecule has 4 fully saturated rings. The Bertz CT molecular complexity index is 1880. The van der Waals surface area contributed by atoms with Crippen LogP contribution in [-0.4, -0.2) is 77.7 Å². The molecule has 9 rings (SSSR count). The first-order valence-corrected chi connectivity index (χ1v) is 17.4. The molecule has 240 valence electrons. The van der Waals surface area contributed by atoms with Gasteiger partial charge in [-0.2, -0.15) is 26.7 Å². The molecule has 0 spiro atoms. The van der Waals surface area contributed by atoms with Gasteiger partial charge in [0.2, 0.25) is 0 Å². The summed E-state index contributed by atoms with van der Waals surface area (Å²) in [5.41, 5.74) is 6.40. The van der Waals surface area contributed by atoms with Crippen molar-refractivity contribution in [1.82, 2.24) is 14.9 Å². The van der Waals surface area contributed by atoms with Crippen LogP contribution in [0.1, 0.15) is 38.5 Å². The fraction of sp³-hybridized carbons (Fsp3) is 0.500. The summed E-state index contributed by atoms with van der Waals surface area (Å²) in [7, 11) is 0. The van der Waals surface area contributed by atoms with Crippen molar-refractivity contribution < 1.29 is 69.1 Å². The van der Waals surface area contributed by atoms with Gasteiger partial charge in [-0.25, -0.2) is 13.2 Å². The number of benzene rings is 2. The van der Waals surface area contributed by atoms with E-state index >= 15 is 4.39 Å². The maximum absolute atomic E-state index is 17.2. The predicted octanol–water partition coefficient (Wildman–Crippen LogP) is 6.25. The average Bonchev–Trinajstić information content (AvgIpc) is 3.58. The second kappa shape index (κ2) is 12.0. The molecule has 4 aliphatic heterocycles. The van der Waals surface area contributed by atoms with Gasteiger partial charge in [-0.15, -0.1) is 17.7 Å². The number of hydrogen-bond acceptors (Lipinski definition) is 9. The van der Waals surface area contributed by atoms with Gasteiger partial charge in [0.25, 0.3) is 0 Å². The quantitative estimate of drug-likeness (QED) is 0.186. The molecule has 2 unspecified atom stereocenters. The molecule has 1 saturated carbocycles. The summed E-state index contributed by atoms with van der Waals surface area (Å²) >= 11 is 3.21. The van der Waals surface area contributed by atoms with Gasteiger partial charge < -0.3 is 24.8 Å². The van der Waals surface area contributed by atoms with Gasteiger partial charge in [-0.05, 0) is 71.1 Å². The Balaban J connectivity index is 0.00000312. The standard InChI is InChI=1S/C32H30F3IN5O3S.Ce/c33-15-11-32(7-1-8-40(32)12-15)14-43-31-38-27-24-28(44-21-6-9-42-13-20(21)41(16-2-3-16)30(24)39-31)26(36)23(25(27)35)17-4-5-19(34)29-18(17)10-22(37)45-29;/h4-5,15-16,20-21H,1-3,6-9,11-14,37H2;/q-1;/t15-,20?,21?,32+;/m1./s1. The smallest absolute Gasteiger partial charge is 0.319 e. The van der Waals surface area contributed by atoms with Crippen LogP contribution in [0, 0.1) is 63.0 Å². The Kier molecular flexibility index (Phi) is 8.32. The Labute approximate surface area is 315 Å². The van der Waals surface area contributed by atoms with E-state index < -0.39 is 23.3 Å². The molecule has 3 saturated heterocycles. The number of ether oxygens (including phenoxy) is 3. The SMILES string of the molecule is Nc1[c-]c2c(-c3c(I)c4c5c(nc(OC[C@@]67CCCN6C[C@H](F)C7)nc5c3F)N(C3CC3)C3COCCC3O4)ccc(F)c2s1.[Ce]. The van der Waals surface area contributed by atoms with Crippen LogP contribution in [0.25, 0.3) is 32.1 Å². The van der Waals surface area contributed by atoms with Crippen molar-refractivity contribution in [3.63, 3.8) is 0 Å². The number of aromatic nitrogens is 2. The molecule has 2 aromatic heterocycles. The molecule has 4 aromatic rings. The van der Waals surface area contributed by atoms with Gasteiger partial charge in [0.1, 0.15) is 41.8 Å². The third-order valence-electron chi connectivity index (χ3n) is 10.1. The van der Waals surface area contributed by atoms with Crippen LogP contribution in [0.2, 0.25) is 0 Å². The molecule has 46 heavy (non-hydrogen) atoms. The van der Waals surface area contributed by atoms with E-state index in [9.17, 15) is 8.78 Å². The maximum atomic E-state index is 17.2. The second-order valence-corrected chi connectivity index (χ2v) is 15.0. The third kappa shape index (κ3) is 5.03. The van der Waals surface area contributed by atoms with Gasteiger partial charge >= 0.3 is 6.01 Å². The zero-order valence-electron chi connectivity index (χ0n) is 24.8. The number of halogens is 4. The van der Waals surface area contributed by atoms with Crippen molar-refractivity contribution in [3.8, 4) is 22.9 Å². The van der Waals surface area contributed by atoms with E-state index in [1.54, 1.807) is 6.07 Å². The van der Waals surface area contributed by atoms with E-state index in [0.29, 0.717) is 73.8 Å². The monoisotopic (exact) mass is 888 g/mol. The minimum absolute atomic E-state index is 0. The van der Waals surface area contributed by atoms with Crippen LogP contribution in [0.15, 0.2) is 12.1 Å². The van der Waals surface area contributed by atoms with Crippen LogP contribution in [0.3, 0.4) is 0 Å². The summed E-state index contributed by atoms with van der Waals surface area (Å²) in [5.74, 6) is 0.0509. The number of alkyl halides is 1. The van der Waals surface area contributed by atoms with Crippen LogP contribution < -0.4 is 20.1 Å². The van der Waals surface area contributed by atoms with Gasteiger partial charge in [0.15, 0.2) is 0 Å². The fourth-order valence-corrected chi connectivity index (χ4v) is 9.66. The topological polar surface area (TPSA) is 86.0 Å². The van der Waals surface area contributed by atoms with Crippen LogP contribution in [-0.2, 0) is 4.74 Å². The third-order valence-corrected chi connectivity index (χ3v) is 12.0. The Morgan fingerprint density at radius 3 is 2.89 bits per heavy atom. The molecule has 0 radical (unpaired) electrons. The molecule has 0 amide bonds. The van der Waals surface area contributed by atoms with Crippen molar-refractivity contribution in [2.45, 2.75) is 68.4 Å². The van der Waals surface area contributed by atoms with Crippen LogP contribution in [0.4, 0.5) is 24.0 Å². The van der Waals surface area contributed by atoms with Crippen molar-refractivity contribution >= 4 is 65.7 Å². The molecule has 4 atom stereocenters. The minimum Gasteiger partial charge on any atom is -0.486 e. The van der Waals surface area contributed by atoms with E-state index in [-0.39, 0.29) is 83.6 Å². The number of nitrogen functional groups attached to an aromatic ring is 1. The number of anilines is 2. The van der Waals surface area contributed by atoms with Gasteiger partial charge in [-0.1, -0.05) is 0 Å². The van der Waals surface area contributed by atoms with Crippen molar-refractivity contribution in [2.75, 3.05) is 43.5 Å². The van der Waals surface area contributed by atoms with Gasteiger partial charge in [0.05, 0.1) is 39.6 Å². The van der Waals surface area contributed by atoms with Crippen molar-refractivity contribution in [2.24, 2.45) is 0 Å². The zero-order chi connectivity index (χ0) is 30.6. The first kappa shape index (κ1) is 32.0. The zero-order valence-corrected chi connectivity index (χ0v) is 30.9. The first-order valence-electron chi connectivity index (χ1n) is 15.5.